The van der Waals surface area contributed by atoms with E-state index in [9.17, 15) is 28.4 Å². The molecule has 2 atom stereocenters. The third-order valence-electron chi connectivity index (χ3n) is 3.84. The molecule has 9 heteroatoms. The van der Waals surface area contributed by atoms with E-state index in [0.717, 1.165) is 24.3 Å². The summed E-state index contributed by atoms with van der Waals surface area (Å²) in [6.45, 7) is -1.48. The zero-order valence-electron chi connectivity index (χ0n) is 10.8. The van der Waals surface area contributed by atoms with Crippen molar-refractivity contribution in [3.63, 3.8) is 0 Å². The highest BCUT2D eigenvalue weighted by Crippen LogP contribution is 2.44. The van der Waals surface area contributed by atoms with Crippen molar-refractivity contribution in [2.75, 3.05) is 13.2 Å². The lowest BCUT2D eigenvalue weighted by molar-refractivity contribution is -0.384. The van der Waals surface area contributed by atoms with Gasteiger partial charge in [0.15, 0.2) is 9.84 Å². The number of carbonyl (C=O) groups excluding carboxylic acids is 1. The van der Waals surface area contributed by atoms with E-state index in [1.54, 1.807) is 0 Å². The third kappa shape index (κ3) is 2.13. The van der Waals surface area contributed by atoms with Gasteiger partial charge in [-0.15, -0.1) is 0 Å². The molecule has 0 radical (unpaired) electrons. The zero-order valence-corrected chi connectivity index (χ0v) is 11.6. The molecule has 2 rings (SSSR count). The van der Waals surface area contributed by atoms with E-state index in [4.69, 9.17) is 5.11 Å². The van der Waals surface area contributed by atoms with E-state index >= 15 is 0 Å². The van der Waals surface area contributed by atoms with Crippen molar-refractivity contribution < 1.29 is 28.3 Å². The number of non-ortho nitro benzene ring substituents is 1. The molecule has 0 amide bonds. The van der Waals surface area contributed by atoms with E-state index in [-0.39, 0.29) is 17.0 Å². The molecular weight excluding hydrogens is 302 g/mol. The molecule has 0 aliphatic heterocycles. The molecule has 1 aromatic rings. The Morgan fingerprint density at radius 3 is 2.24 bits per heavy atom. The first-order valence-corrected chi connectivity index (χ1v) is 7.52. The average molecular weight is 315 g/mol. The van der Waals surface area contributed by atoms with Gasteiger partial charge in [-0.3, -0.25) is 14.9 Å². The molecule has 1 aliphatic rings. The van der Waals surface area contributed by atoms with Crippen molar-refractivity contribution in [3.8, 4) is 0 Å². The smallest absolute Gasteiger partial charge is 0.269 e. The quantitative estimate of drug-likeness (QED) is 0.561. The van der Waals surface area contributed by atoms with Crippen LogP contribution in [0.4, 0.5) is 5.69 Å². The van der Waals surface area contributed by atoms with Crippen LogP contribution < -0.4 is 0 Å². The number of ketones is 1. The first-order chi connectivity index (χ1) is 9.80. The van der Waals surface area contributed by atoms with Gasteiger partial charge in [-0.1, -0.05) is 0 Å². The molecule has 0 saturated heterocycles. The topological polar surface area (TPSA) is 135 Å². The number of hydrogen-bond acceptors (Lipinski definition) is 7. The van der Waals surface area contributed by atoms with Crippen molar-refractivity contribution in [1.82, 2.24) is 0 Å². The van der Waals surface area contributed by atoms with Gasteiger partial charge >= 0.3 is 0 Å². The molecular formula is C12H13NO7S. The van der Waals surface area contributed by atoms with Gasteiger partial charge in [0.1, 0.15) is 10.5 Å². The Morgan fingerprint density at radius 1 is 1.29 bits per heavy atom. The normalized spacial score (nSPS) is 25.4. The van der Waals surface area contributed by atoms with Crippen LogP contribution in [0.2, 0.25) is 0 Å². The number of benzene rings is 1. The predicted molar refractivity (Wildman–Crippen MR) is 70.3 cm³/mol. The van der Waals surface area contributed by atoms with Gasteiger partial charge in [-0.05, 0) is 12.1 Å². The van der Waals surface area contributed by atoms with E-state index in [2.05, 4.69) is 0 Å². The second-order valence-corrected chi connectivity index (χ2v) is 7.15. The number of carbonyl (C=O) groups is 1. The van der Waals surface area contributed by atoms with Crippen molar-refractivity contribution in [3.05, 3.63) is 34.4 Å². The van der Waals surface area contributed by atoms with E-state index in [1.165, 1.54) is 0 Å². The first-order valence-electron chi connectivity index (χ1n) is 6.03. The summed E-state index contributed by atoms with van der Waals surface area (Å²) in [4.78, 5) is 21.1. The van der Waals surface area contributed by atoms with Crippen LogP contribution in [0.1, 0.15) is 6.42 Å². The van der Waals surface area contributed by atoms with Crippen LogP contribution in [0.5, 0.6) is 0 Å². The number of nitro benzene ring substituents is 1. The monoisotopic (exact) mass is 315 g/mol. The molecule has 114 valence electrons. The summed E-state index contributed by atoms with van der Waals surface area (Å²) in [5, 5.41) is 29.2. The van der Waals surface area contributed by atoms with Crippen LogP contribution in [-0.4, -0.2) is 47.3 Å². The Morgan fingerprint density at radius 2 is 1.86 bits per heavy atom. The molecule has 0 bridgehead atoms. The van der Waals surface area contributed by atoms with Crippen LogP contribution in [0, 0.1) is 16.0 Å². The molecule has 21 heavy (non-hydrogen) atoms. The second-order valence-electron chi connectivity index (χ2n) is 4.86. The number of sulfone groups is 1. The Bertz CT molecular complexity index is 682. The number of nitrogens with zero attached hydrogens (tertiary/aromatic N) is 1. The average Bonchev–Trinajstić information content (AvgIpc) is 2.44. The standard InChI is InChI=1S/C12H13NO7S/c14-6-10-11(16)5-12(10,7-15)21(19,20)9-3-1-8(2-4-9)13(17)18/h1-4,10,14-15H,5-7H2. The number of aliphatic hydroxyl groups excluding tert-OH is 2. The molecule has 1 aliphatic carbocycles. The molecule has 0 aromatic heterocycles. The summed E-state index contributed by atoms with van der Waals surface area (Å²) >= 11 is 0. The highest BCUT2D eigenvalue weighted by atomic mass is 32.2. The third-order valence-corrected chi connectivity index (χ3v) is 6.36. The minimum atomic E-state index is -4.10. The minimum Gasteiger partial charge on any atom is -0.396 e. The van der Waals surface area contributed by atoms with Gasteiger partial charge < -0.3 is 10.2 Å². The van der Waals surface area contributed by atoms with E-state index in [0.29, 0.717) is 0 Å². The van der Waals surface area contributed by atoms with Crippen LogP contribution in [0.3, 0.4) is 0 Å². The number of hydrogen-bond donors (Lipinski definition) is 2. The van der Waals surface area contributed by atoms with Crippen molar-refractivity contribution in [1.29, 1.82) is 0 Å². The van der Waals surface area contributed by atoms with Crippen LogP contribution >= 0.6 is 0 Å². The molecule has 0 heterocycles. The molecule has 2 N–H and O–H groups in total. The Hall–Kier alpha value is -1.84. The van der Waals surface area contributed by atoms with Gasteiger partial charge in [0.25, 0.3) is 5.69 Å². The number of aliphatic hydroxyl groups is 2. The molecule has 1 saturated carbocycles. The fourth-order valence-corrected chi connectivity index (χ4v) is 4.53. The largest absolute Gasteiger partial charge is 0.396 e. The molecule has 8 nitrogen and oxygen atoms in total. The second kappa shape index (κ2) is 5.17. The predicted octanol–water partition coefficient (Wildman–Crippen LogP) is -0.319. The Balaban J connectivity index is 2.46. The number of Topliss-reactive ketones (excluding diaryl/α,β-unsaturated/α-hetero) is 1. The fourth-order valence-electron chi connectivity index (χ4n) is 2.49. The lowest BCUT2D eigenvalue weighted by atomic mass is 9.72. The van der Waals surface area contributed by atoms with Gasteiger partial charge in [0, 0.05) is 18.6 Å². The maximum atomic E-state index is 12.6. The fraction of sp³-hybridized carbons (Fsp3) is 0.417. The van der Waals surface area contributed by atoms with Crippen molar-refractivity contribution >= 4 is 21.3 Å². The SMILES string of the molecule is O=C1CC(CO)(S(=O)(=O)c2ccc([N+](=O)[O-])cc2)C1CO. The highest BCUT2D eigenvalue weighted by molar-refractivity contribution is 7.93. The summed E-state index contributed by atoms with van der Waals surface area (Å²) in [5.74, 6) is -1.61. The summed E-state index contributed by atoms with van der Waals surface area (Å²) in [7, 11) is -4.10. The maximum Gasteiger partial charge on any atom is 0.269 e. The molecule has 1 fully saturated rings. The van der Waals surface area contributed by atoms with Crippen LogP contribution in [0.15, 0.2) is 29.2 Å². The lowest BCUT2D eigenvalue weighted by Gasteiger charge is -2.44. The van der Waals surface area contributed by atoms with Gasteiger partial charge in [-0.2, -0.15) is 0 Å². The summed E-state index contributed by atoms with van der Waals surface area (Å²) in [5.41, 5.74) is -0.268. The van der Waals surface area contributed by atoms with Crippen LogP contribution in [0.25, 0.3) is 0 Å². The summed E-state index contributed by atoms with van der Waals surface area (Å²) < 4.78 is 23.4. The van der Waals surface area contributed by atoms with E-state index in [1.807, 2.05) is 0 Å². The molecule has 0 spiro atoms. The Kier molecular flexibility index (Phi) is 3.83. The maximum absolute atomic E-state index is 12.6. The van der Waals surface area contributed by atoms with Gasteiger partial charge in [0.2, 0.25) is 0 Å². The van der Waals surface area contributed by atoms with E-state index < -0.39 is 44.4 Å². The molecule has 1 aromatic carbocycles. The zero-order chi connectivity index (χ0) is 15.8. The van der Waals surface area contributed by atoms with Crippen LogP contribution in [-0.2, 0) is 14.6 Å². The first kappa shape index (κ1) is 15.5. The minimum absolute atomic E-state index is 0.229. The Labute approximate surface area is 120 Å². The van der Waals surface area contributed by atoms with Gasteiger partial charge in [0.05, 0.1) is 29.0 Å². The molecule has 2 unspecified atom stereocenters. The number of nitro groups is 1. The highest BCUT2D eigenvalue weighted by Gasteiger charge is 2.61. The van der Waals surface area contributed by atoms with Crippen molar-refractivity contribution in [2.45, 2.75) is 16.1 Å². The summed E-state index contributed by atoms with van der Waals surface area (Å²) in [6, 6.07) is 4.18. The lowest BCUT2D eigenvalue weighted by Crippen LogP contribution is -2.63. The number of rotatable bonds is 5. The summed E-state index contributed by atoms with van der Waals surface area (Å²) in [6.07, 6.45) is -0.381. The van der Waals surface area contributed by atoms with Gasteiger partial charge in [-0.25, -0.2) is 8.42 Å². The van der Waals surface area contributed by atoms with Crippen molar-refractivity contribution in [2.24, 2.45) is 5.92 Å².